The van der Waals surface area contributed by atoms with Gasteiger partial charge in [-0.2, -0.15) is 0 Å². The van der Waals surface area contributed by atoms with E-state index in [4.69, 9.17) is 4.74 Å². The molecule has 1 N–H and O–H groups in total. The minimum atomic E-state index is -0.235. The number of nitrogens with one attached hydrogen (secondary N) is 1. The molecule has 2 heterocycles. The first kappa shape index (κ1) is 12.9. The number of ether oxygens (including phenoxy) is 1. The number of nitrogens with zero attached hydrogens (tertiary/aromatic N) is 3. The van der Waals surface area contributed by atoms with Gasteiger partial charge in [-0.1, -0.05) is 0 Å². The van der Waals surface area contributed by atoms with Gasteiger partial charge in [0.15, 0.2) is 0 Å². The summed E-state index contributed by atoms with van der Waals surface area (Å²) in [4.78, 5) is 22.2. The fourth-order valence-corrected chi connectivity index (χ4v) is 2.03. The Hall–Kier alpha value is -1.53. The van der Waals surface area contributed by atoms with Gasteiger partial charge in [-0.25, -0.2) is 0 Å². The number of piperazine rings is 1. The van der Waals surface area contributed by atoms with Crippen molar-refractivity contribution in [3.63, 3.8) is 0 Å². The van der Waals surface area contributed by atoms with Crippen LogP contribution in [0.3, 0.4) is 0 Å². The number of esters is 1. The quantitative estimate of drug-likeness (QED) is 0.747. The van der Waals surface area contributed by atoms with Crippen LogP contribution in [-0.2, 0) is 16.1 Å². The first-order chi connectivity index (χ1) is 8.81. The van der Waals surface area contributed by atoms with Crippen molar-refractivity contribution >= 4 is 5.97 Å². The zero-order valence-electron chi connectivity index (χ0n) is 10.5. The topological polar surface area (TPSA) is 67.3 Å². The van der Waals surface area contributed by atoms with E-state index < -0.39 is 0 Å². The van der Waals surface area contributed by atoms with Crippen LogP contribution in [0.1, 0.15) is 12.6 Å². The SMILES string of the molecule is CCOC(=O)C1CNCCN1Cc1cnccn1. The molecule has 1 aliphatic rings. The maximum atomic E-state index is 11.9. The minimum absolute atomic E-state index is 0.173. The molecule has 1 aliphatic heterocycles. The molecule has 1 aromatic heterocycles. The molecule has 0 aromatic carbocycles. The van der Waals surface area contributed by atoms with Gasteiger partial charge in [0.1, 0.15) is 6.04 Å². The number of rotatable bonds is 4. The highest BCUT2D eigenvalue weighted by Crippen LogP contribution is 2.09. The van der Waals surface area contributed by atoms with E-state index in [9.17, 15) is 4.79 Å². The van der Waals surface area contributed by atoms with Gasteiger partial charge in [0, 0.05) is 44.8 Å². The molecule has 1 saturated heterocycles. The van der Waals surface area contributed by atoms with Crippen molar-refractivity contribution in [2.75, 3.05) is 26.2 Å². The first-order valence-electron chi connectivity index (χ1n) is 6.17. The highest BCUT2D eigenvalue weighted by Gasteiger charge is 2.29. The van der Waals surface area contributed by atoms with Crippen LogP contribution in [0.4, 0.5) is 0 Å². The van der Waals surface area contributed by atoms with Crippen molar-refractivity contribution in [3.8, 4) is 0 Å². The Morgan fingerprint density at radius 3 is 3.22 bits per heavy atom. The smallest absolute Gasteiger partial charge is 0.324 e. The zero-order valence-corrected chi connectivity index (χ0v) is 10.5. The molecule has 1 aromatic rings. The standard InChI is InChI=1S/C12H18N4O2/c1-2-18-12(17)11-8-14-5-6-16(11)9-10-7-13-3-4-15-10/h3-4,7,11,14H,2,5-6,8-9H2,1H3. The van der Waals surface area contributed by atoms with E-state index in [1.807, 2.05) is 6.92 Å². The van der Waals surface area contributed by atoms with Gasteiger partial charge < -0.3 is 10.1 Å². The molecule has 0 radical (unpaired) electrons. The van der Waals surface area contributed by atoms with Crippen LogP contribution in [0.25, 0.3) is 0 Å². The van der Waals surface area contributed by atoms with Crippen molar-refractivity contribution in [1.29, 1.82) is 0 Å². The average molecular weight is 250 g/mol. The molecule has 6 nitrogen and oxygen atoms in total. The lowest BCUT2D eigenvalue weighted by Crippen LogP contribution is -2.54. The second-order valence-corrected chi connectivity index (χ2v) is 4.14. The summed E-state index contributed by atoms with van der Waals surface area (Å²) in [5.41, 5.74) is 0.869. The van der Waals surface area contributed by atoms with Crippen molar-refractivity contribution in [2.24, 2.45) is 0 Å². The summed E-state index contributed by atoms with van der Waals surface area (Å²) in [7, 11) is 0. The summed E-state index contributed by atoms with van der Waals surface area (Å²) < 4.78 is 5.09. The van der Waals surface area contributed by atoms with E-state index >= 15 is 0 Å². The summed E-state index contributed by atoms with van der Waals surface area (Å²) in [5.74, 6) is -0.173. The Morgan fingerprint density at radius 1 is 1.61 bits per heavy atom. The van der Waals surface area contributed by atoms with Gasteiger partial charge in [0.05, 0.1) is 12.3 Å². The number of carbonyl (C=O) groups excluding carboxylic acids is 1. The van der Waals surface area contributed by atoms with Gasteiger partial charge in [0.2, 0.25) is 0 Å². The number of hydrogen-bond donors (Lipinski definition) is 1. The second kappa shape index (κ2) is 6.42. The van der Waals surface area contributed by atoms with Crippen LogP contribution in [0.5, 0.6) is 0 Å². The number of aromatic nitrogens is 2. The van der Waals surface area contributed by atoms with E-state index in [0.717, 1.165) is 18.8 Å². The Balaban J connectivity index is 2.01. The normalized spacial score (nSPS) is 20.6. The van der Waals surface area contributed by atoms with Crippen LogP contribution in [0.15, 0.2) is 18.6 Å². The van der Waals surface area contributed by atoms with Crippen LogP contribution in [0, 0.1) is 0 Å². The summed E-state index contributed by atoms with van der Waals surface area (Å²) in [6.07, 6.45) is 5.03. The van der Waals surface area contributed by atoms with Crippen LogP contribution >= 0.6 is 0 Å². The number of hydrogen-bond acceptors (Lipinski definition) is 6. The third kappa shape index (κ3) is 3.24. The fraction of sp³-hybridized carbons (Fsp3) is 0.583. The lowest BCUT2D eigenvalue weighted by atomic mass is 10.2. The highest BCUT2D eigenvalue weighted by molar-refractivity contribution is 5.76. The average Bonchev–Trinajstić information content (AvgIpc) is 2.41. The van der Waals surface area contributed by atoms with Gasteiger partial charge >= 0.3 is 5.97 Å². The summed E-state index contributed by atoms with van der Waals surface area (Å²) in [6.45, 7) is 5.16. The molecule has 6 heteroatoms. The van der Waals surface area contributed by atoms with Crippen LogP contribution in [-0.4, -0.2) is 53.1 Å². The molecule has 1 atom stereocenters. The second-order valence-electron chi connectivity index (χ2n) is 4.14. The van der Waals surface area contributed by atoms with Gasteiger partial charge in [0.25, 0.3) is 0 Å². The molecule has 2 rings (SSSR count). The van der Waals surface area contributed by atoms with Crippen molar-refractivity contribution < 1.29 is 9.53 Å². The minimum Gasteiger partial charge on any atom is -0.465 e. The molecular formula is C12H18N4O2. The molecule has 18 heavy (non-hydrogen) atoms. The molecule has 0 saturated carbocycles. The predicted molar refractivity (Wildman–Crippen MR) is 65.7 cm³/mol. The molecule has 0 spiro atoms. The maximum absolute atomic E-state index is 11.9. The van der Waals surface area contributed by atoms with E-state index in [1.54, 1.807) is 18.6 Å². The Bertz CT molecular complexity index is 385. The van der Waals surface area contributed by atoms with E-state index in [-0.39, 0.29) is 12.0 Å². The van der Waals surface area contributed by atoms with E-state index in [0.29, 0.717) is 19.7 Å². The third-order valence-electron chi connectivity index (χ3n) is 2.89. The highest BCUT2D eigenvalue weighted by atomic mass is 16.5. The first-order valence-corrected chi connectivity index (χ1v) is 6.17. The molecule has 0 bridgehead atoms. The monoisotopic (exact) mass is 250 g/mol. The van der Waals surface area contributed by atoms with Gasteiger partial charge in [-0.3, -0.25) is 19.7 Å². The van der Waals surface area contributed by atoms with Gasteiger partial charge in [-0.05, 0) is 6.92 Å². The molecule has 98 valence electrons. The van der Waals surface area contributed by atoms with Crippen LogP contribution in [0.2, 0.25) is 0 Å². The third-order valence-corrected chi connectivity index (χ3v) is 2.89. The molecule has 1 fully saturated rings. The molecular weight excluding hydrogens is 232 g/mol. The van der Waals surface area contributed by atoms with Crippen molar-refractivity contribution in [1.82, 2.24) is 20.2 Å². The molecule has 0 aliphatic carbocycles. The maximum Gasteiger partial charge on any atom is 0.324 e. The Labute approximate surface area is 106 Å². The lowest BCUT2D eigenvalue weighted by molar-refractivity contribution is -0.150. The van der Waals surface area contributed by atoms with E-state index in [1.165, 1.54) is 0 Å². The molecule has 0 amide bonds. The van der Waals surface area contributed by atoms with Crippen LogP contribution < -0.4 is 5.32 Å². The zero-order chi connectivity index (χ0) is 12.8. The lowest BCUT2D eigenvalue weighted by Gasteiger charge is -2.33. The van der Waals surface area contributed by atoms with Crippen molar-refractivity contribution in [3.05, 3.63) is 24.3 Å². The Kier molecular flexibility index (Phi) is 4.60. The largest absolute Gasteiger partial charge is 0.465 e. The molecule has 1 unspecified atom stereocenters. The Morgan fingerprint density at radius 2 is 2.50 bits per heavy atom. The van der Waals surface area contributed by atoms with Crippen molar-refractivity contribution in [2.45, 2.75) is 19.5 Å². The fourth-order valence-electron chi connectivity index (χ4n) is 2.03. The predicted octanol–water partition coefficient (Wildman–Crippen LogP) is -0.186. The van der Waals surface area contributed by atoms with Gasteiger partial charge in [-0.15, -0.1) is 0 Å². The summed E-state index contributed by atoms with van der Waals surface area (Å²) in [5, 5.41) is 3.21. The van der Waals surface area contributed by atoms with E-state index in [2.05, 4.69) is 20.2 Å². The summed E-state index contributed by atoms with van der Waals surface area (Å²) in [6, 6.07) is -0.235. The summed E-state index contributed by atoms with van der Waals surface area (Å²) >= 11 is 0. The number of carbonyl (C=O) groups is 1.